The van der Waals surface area contributed by atoms with E-state index < -0.39 is 0 Å². The third-order valence-corrected chi connectivity index (χ3v) is 13.7. The summed E-state index contributed by atoms with van der Waals surface area (Å²) < 4.78 is 7.15. The number of hydrogen-bond donors (Lipinski definition) is 0. The maximum atomic E-state index is 4.81. The molecule has 64 heavy (non-hydrogen) atoms. The van der Waals surface area contributed by atoms with Crippen molar-refractivity contribution in [2.45, 2.75) is 20.3 Å². The van der Waals surface area contributed by atoms with Gasteiger partial charge in [-0.3, -0.25) is 4.57 Å². The summed E-state index contributed by atoms with van der Waals surface area (Å²) in [6.45, 7) is 4.45. The van der Waals surface area contributed by atoms with Crippen molar-refractivity contribution >= 4 is 43.6 Å². The molecule has 9 aromatic carbocycles. The zero-order valence-corrected chi connectivity index (χ0v) is 35.6. The van der Waals surface area contributed by atoms with E-state index in [-0.39, 0.29) is 0 Å². The highest BCUT2D eigenvalue weighted by atomic mass is 15.1. The summed E-state index contributed by atoms with van der Waals surface area (Å²) >= 11 is 0. The molecule has 0 saturated heterocycles. The maximum Gasteiger partial charge on any atom is 0.144 e. The molecular weight excluding hydrogens is 777 g/mol. The first kappa shape index (κ1) is 36.4. The van der Waals surface area contributed by atoms with E-state index in [9.17, 15) is 0 Å². The fraction of sp³-hybridized carbons (Fsp3) is 0.0500. The first-order chi connectivity index (χ1) is 31.6. The summed E-state index contributed by atoms with van der Waals surface area (Å²) in [5, 5.41) is 5.02. The molecule has 0 saturated carbocycles. The lowest BCUT2D eigenvalue weighted by Crippen LogP contribution is -2.03. The lowest BCUT2D eigenvalue weighted by molar-refractivity contribution is 1.03. The monoisotopic (exact) mass is 818 g/mol. The number of nitrogens with zero attached hydrogens (tertiary/aromatic N) is 4. The van der Waals surface area contributed by atoms with E-state index in [4.69, 9.17) is 4.98 Å². The van der Waals surface area contributed by atoms with Gasteiger partial charge in [0.1, 0.15) is 5.82 Å². The Bertz CT molecular complexity index is 3600. The van der Waals surface area contributed by atoms with Gasteiger partial charge in [0.15, 0.2) is 0 Å². The van der Waals surface area contributed by atoms with Gasteiger partial charge in [0.05, 0.1) is 27.8 Å². The zero-order valence-electron chi connectivity index (χ0n) is 35.6. The Morgan fingerprint density at radius 2 is 0.906 bits per heavy atom. The van der Waals surface area contributed by atoms with Crippen LogP contribution in [0.3, 0.4) is 0 Å². The molecule has 0 atom stereocenters. The van der Waals surface area contributed by atoms with E-state index >= 15 is 0 Å². The van der Waals surface area contributed by atoms with Gasteiger partial charge in [-0.2, -0.15) is 0 Å². The first-order valence-corrected chi connectivity index (χ1v) is 22.2. The second kappa shape index (κ2) is 14.2. The minimum atomic E-state index is 0.923. The molecular formula is C60H42N4. The standard InChI is InChI=1S/C60H42N4/c1-38-24-29-48(39(2)59(38)62-31-30-61-60(62)40-14-4-3-5-15-40)44-28-27-43-32-42-26-25-41(35-53(42)54(43)36-44)45-33-46(63-55-20-10-6-16-49(55)50-17-7-11-21-56(50)63)37-47(34-45)64-57-22-12-8-18-51(57)52-19-9-13-23-58(52)64/h3-31,33-37H,32H2,1-2H3. The molecule has 0 N–H and O–H groups in total. The number of aryl methyl sites for hydroxylation is 1. The van der Waals surface area contributed by atoms with Gasteiger partial charge in [-0.05, 0) is 131 Å². The lowest BCUT2D eigenvalue weighted by atomic mass is 9.92. The summed E-state index contributed by atoms with van der Waals surface area (Å²) in [5.74, 6) is 0.947. The molecule has 0 bridgehead atoms. The molecule has 0 radical (unpaired) electrons. The Morgan fingerprint density at radius 3 is 1.47 bits per heavy atom. The second-order valence-electron chi connectivity index (χ2n) is 17.3. The number of benzene rings is 9. The van der Waals surface area contributed by atoms with Crippen LogP contribution >= 0.6 is 0 Å². The predicted octanol–water partition coefficient (Wildman–Crippen LogP) is 15.3. The van der Waals surface area contributed by atoms with Crippen molar-refractivity contribution in [3.05, 3.63) is 229 Å². The smallest absolute Gasteiger partial charge is 0.144 e. The molecule has 0 aliphatic heterocycles. The van der Waals surface area contributed by atoms with Crippen molar-refractivity contribution in [3.63, 3.8) is 0 Å². The minimum absolute atomic E-state index is 0.923. The Morgan fingerprint density at radius 1 is 0.406 bits per heavy atom. The Balaban J connectivity index is 0.982. The first-order valence-electron chi connectivity index (χ1n) is 22.2. The quantitative estimate of drug-likeness (QED) is 0.164. The molecule has 12 aromatic rings. The normalized spacial score (nSPS) is 12.2. The highest BCUT2D eigenvalue weighted by Crippen LogP contribution is 2.44. The van der Waals surface area contributed by atoms with Crippen LogP contribution in [-0.2, 0) is 6.42 Å². The van der Waals surface area contributed by atoms with Crippen LogP contribution in [-0.4, -0.2) is 18.7 Å². The van der Waals surface area contributed by atoms with E-state index in [0.29, 0.717) is 0 Å². The van der Waals surface area contributed by atoms with Crippen molar-refractivity contribution in [2.75, 3.05) is 0 Å². The van der Waals surface area contributed by atoms with E-state index in [1.807, 2.05) is 6.20 Å². The summed E-state index contributed by atoms with van der Waals surface area (Å²) in [7, 11) is 0. The third-order valence-electron chi connectivity index (χ3n) is 13.7. The summed E-state index contributed by atoms with van der Waals surface area (Å²) in [6.07, 6.45) is 4.92. The van der Waals surface area contributed by atoms with Gasteiger partial charge in [-0.1, -0.05) is 140 Å². The topological polar surface area (TPSA) is 27.7 Å². The maximum absolute atomic E-state index is 4.81. The largest absolute Gasteiger partial charge is 0.309 e. The Kier molecular flexibility index (Phi) is 8.07. The number of para-hydroxylation sites is 4. The van der Waals surface area contributed by atoms with Gasteiger partial charge < -0.3 is 9.13 Å². The van der Waals surface area contributed by atoms with Crippen LogP contribution in [0.5, 0.6) is 0 Å². The van der Waals surface area contributed by atoms with Crippen LogP contribution in [0.4, 0.5) is 0 Å². The van der Waals surface area contributed by atoms with Crippen LogP contribution in [0.2, 0.25) is 0 Å². The van der Waals surface area contributed by atoms with Gasteiger partial charge in [-0.15, -0.1) is 0 Å². The summed E-state index contributed by atoms with van der Waals surface area (Å²) in [5.41, 5.74) is 22.0. The number of imidazole rings is 1. The van der Waals surface area contributed by atoms with Crippen molar-refractivity contribution in [3.8, 4) is 61.8 Å². The van der Waals surface area contributed by atoms with E-state index in [2.05, 4.69) is 228 Å². The molecule has 1 aliphatic carbocycles. The van der Waals surface area contributed by atoms with E-state index in [1.165, 1.54) is 105 Å². The molecule has 302 valence electrons. The van der Waals surface area contributed by atoms with Crippen molar-refractivity contribution in [2.24, 2.45) is 0 Å². The van der Waals surface area contributed by atoms with Crippen LogP contribution in [0.15, 0.2) is 207 Å². The highest BCUT2D eigenvalue weighted by Gasteiger charge is 2.23. The second-order valence-corrected chi connectivity index (χ2v) is 17.3. The van der Waals surface area contributed by atoms with Gasteiger partial charge >= 0.3 is 0 Å². The lowest BCUT2D eigenvalue weighted by Gasteiger charge is -2.18. The fourth-order valence-electron chi connectivity index (χ4n) is 10.7. The molecule has 0 amide bonds. The van der Waals surface area contributed by atoms with Crippen LogP contribution in [0.25, 0.3) is 105 Å². The van der Waals surface area contributed by atoms with Crippen LogP contribution < -0.4 is 0 Å². The van der Waals surface area contributed by atoms with E-state index in [1.54, 1.807) is 0 Å². The predicted molar refractivity (Wildman–Crippen MR) is 266 cm³/mol. The molecule has 0 fully saturated rings. The molecule has 4 nitrogen and oxygen atoms in total. The fourth-order valence-corrected chi connectivity index (χ4v) is 10.7. The Hall–Kier alpha value is -8.21. The average Bonchev–Trinajstić information content (AvgIpc) is 4.13. The molecule has 0 unspecified atom stereocenters. The summed E-state index contributed by atoms with van der Waals surface area (Å²) in [6, 6.07) is 71.6. The average molecular weight is 819 g/mol. The van der Waals surface area contributed by atoms with Crippen LogP contribution in [0.1, 0.15) is 22.3 Å². The van der Waals surface area contributed by atoms with Gasteiger partial charge in [0, 0.05) is 50.9 Å². The molecule has 0 spiro atoms. The van der Waals surface area contributed by atoms with Gasteiger partial charge in [-0.25, -0.2) is 4.98 Å². The minimum Gasteiger partial charge on any atom is -0.309 e. The molecule has 4 heteroatoms. The number of aromatic nitrogens is 4. The van der Waals surface area contributed by atoms with Crippen molar-refractivity contribution < 1.29 is 0 Å². The zero-order chi connectivity index (χ0) is 42.5. The number of hydrogen-bond acceptors (Lipinski definition) is 1. The number of fused-ring (bicyclic) bond motifs is 9. The molecule has 3 aromatic heterocycles. The Labute approximate surface area is 371 Å². The van der Waals surface area contributed by atoms with Gasteiger partial charge in [0.25, 0.3) is 0 Å². The van der Waals surface area contributed by atoms with Crippen molar-refractivity contribution in [1.82, 2.24) is 18.7 Å². The molecule has 1 aliphatic rings. The highest BCUT2D eigenvalue weighted by molar-refractivity contribution is 6.11. The van der Waals surface area contributed by atoms with Crippen LogP contribution in [0, 0.1) is 13.8 Å². The SMILES string of the molecule is Cc1ccc(-c2ccc3c(c2)-c2cc(-c4cc(-n5c6ccccc6c6ccccc65)cc(-n5c6ccccc6c6ccccc65)c4)ccc2C3)c(C)c1-n1ccnc1-c1ccccc1. The summed E-state index contributed by atoms with van der Waals surface area (Å²) in [4.78, 5) is 4.81. The van der Waals surface area contributed by atoms with Crippen molar-refractivity contribution in [1.29, 1.82) is 0 Å². The van der Waals surface area contributed by atoms with E-state index in [0.717, 1.165) is 29.2 Å². The third kappa shape index (κ3) is 5.52. The van der Waals surface area contributed by atoms with Gasteiger partial charge in [0.2, 0.25) is 0 Å². The molecule has 3 heterocycles. The molecule has 13 rings (SSSR count). The number of rotatable bonds is 6.